The molecule has 1 fully saturated rings. The molecule has 0 aromatic heterocycles. The molecule has 0 aromatic carbocycles. The first-order valence-electron chi connectivity index (χ1n) is 7.06. The van der Waals surface area contributed by atoms with Crippen LogP contribution in [0, 0.1) is 5.92 Å². The van der Waals surface area contributed by atoms with Crippen molar-refractivity contribution in [3.63, 3.8) is 0 Å². The van der Waals surface area contributed by atoms with E-state index in [-0.39, 0.29) is 11.4 Å². The molecule has 1 aliphatic heterocycles. The Morgan fingerprint density at radius 3 is 2.50 bits per heavy atom. The van der Waals surface area contributed by atoms with E-state index in [9.17, 15) is 4.79 Å². The fraction of sp³-hybridized carbons (Fsp3) is 0.929. The first-order chi connectivity index (χ1) is 8.42. The Balaban J connectivity index is 2.17. The first-order valence-corrected chi connectivity index (χ1v) is 7.06. The molecule has 2 N–H and O–H groups in total. The summed E-state index contributed by atoms with van der Waals surface area (Å²) in [6, 6.07) is 0. The second kappa shape index (κ2) is 7.10. The molecule has 0 spiro atoms. The number of hydrogen-bond acceptors (Lipinski definition) is 3. The zero-order chi connectivity index (χ0) is 13.6. The van der Waals surface area contributed by atoms with Gasteiger partial charge in [0.2, 0.25) is 5.91 Å². The van der Waals surface area contributed by atoms with Gasteiger partial charge in [0.25, 0.3) is 0 Å². The molecule has 0 radical (unpaired) electrons. The van der Waals surface area contributed by atoms with Gasteiger partial charge in [0.1, 0.15) is 0 Å². The lowest BCUT2D eigenvalue weighted by Crippen LogP contribution is -2.48. The number of piperidine rings is 1. The van der Waals surface area contributed by atoms with Gasteiger partial charge in [0, 0.05) is 18.5 Å². The van der Waals surface area contributed by atoms with E-state index in [1.54, 1.807) is 0 Å². The van der Waals surface area contributed by atoms with E-state index < -0.39 is 0 Å². The lowest BCUT2D eigenvalue weighted by molar-refractivity contribution is -0.121. The Morgan fingerprint density at radius 2 is 1.94 bits per heavy atom. The summed E-state index contributed by atoms with van der Waals surface area (Å²) in [4.78, 5) is 13.9. The quantitative estimate of drug-likeness (QED) is 0.750. The van der Waals surface area contributed by atoms with Crippen LogP contribution in [0.25, 0.3) is 0 Å². The van der Waals surface area contributed by atoms with Gasteiger partial charge in [-0.25, -0.2) is 0 Å². The third-order valence-corrected chi connectivity index (χ3v) is 4.17. The van der Waals surface area contributed by atoms with Gasteiger partial charge in [-0.1, -0.05) is 0 Å². The molecule has 1 rings (SSSR count). The molecule has 0 aromatic rings. The molecule has 18 heavy (non-hydrogen) atoms. The smallest absolute Gasteiger partial charge is 0.220 e. The monoisotopic (exact) mass is 255 g/mol. The molecule has 1 amide bonds. The maximum Gasteiger partial charge on any atom is 0.220 e. The minimum absolute atomic E-state index is 0.0183. The Kier molecular flexibility index (Phi) is 6.09. The average molecular weight is 255 g/mol. The van der Waals surface area contributed by atoms with E-state index in [1.807, 2.05) is 14.1 Å². The van der Waals surface area contributed by atoms with Gasteiger partial charge in [-0.05, 0) is 66.2 Å². The summed E-state index contributed by atoms with van der Waals surface area (Å²) in [6.45, 7) is 7.21. The van der Waals surface area contributed by atoms with Gasteiger partial charge in [-0.15, -0.1) is 0 Å². The molecule has 0 atom stereocenters. The molecular formula is C14H29N3O. The number of likely N-dealkylation sites (N-methyl/N-ethyl adjacent to an activating group) is 1. The number of rotatable bonds is 6. The maximum atomic E-state index is 11.8. The van der Waals surface area contributed by atoms with Crippen molar-refractivity contribution in [1.29, 1.82) is 0 Å². The van der Waals surface area contributed by atoms with Gasteiger partial charge >= 0.3 is 0 Å². The van der Waals surface area contributed by atoms with E-state index in [1.165, 1.54) is 12.8 Å². The van der Waals surface area contributed by atoms with Gasteiger partial charge < -0.3 is 15.5 Å². The maximum absolute atomic E-state index is 11.8. The third kappa shape index (κ3) is 5.36. The Hall–Kier alpha value is -0.610. The highest BCUT2D eigenvalue weighted by atomic mass is 16.1. The van der Waals surface area contributed by atoms with Crippen LogP contribution in [0.15, 0.2) is 0 Å². The number of hydrogen-bond donors (Lipinski definition) is 2. The number of nitrogens with one attached hydrogen (secondary N) is 2. The summed E-state index contributed by atoms with van der Waals surface area (Å²) in [5.74, 6) is 0.933. The van der Waals surface area contributed by atoms with E-state index in [4.69, 9.17) is 0 Å². The van der Waals surface area contributed by atoms with Gasteiger partial charge in [0.05, 0.1) is 0 Å². The van der Waals surface area contributed by atoms with Crippen LogP contribution in [-0.4, -0.2) is 50.1 Å². The highest BCUT2D eigenvalue weighted by Gasteiger charge is 2.21. The first kappa shape index (κ1) is 15.4. The molecule has 1 heterocycles. The second-order valence-corrected chi connectivity index (χ2v) is 6.22. The lowest BCUT2D eigenvalue weighted by atomic mass is 9.93. The van der Waals surface area contributed by atoms with E-state index >= 15 is 0 Å². The zero-order valence-corrected chi connectivity index (χ0v) is 12.4. The van der Waals surface area contributed by atoms with E-state index in [0.717, 1.165) is 25.4 Å². The number of carbonyl (C=O) groups is 1. The number of carbonyl (C=O) groups excluding carboxylic acids is 1. The van der Waals surface area contributed by atoms with Crippen molar-refractivity contribution in [1.82, 2.24) is 15.5 Å². The summed E-state index contributed by atoms with van der Waals surface area (Å²) in [5, 5.41) is 6.40. The summed E-state index contributed by atoms with van der Waals surface area (Å²) < 4.78 is 0. The van der Waals surface area contributed by atoms with Crippen molar-refractivity contribution >= 4 is 5.91 Å². The van der Waals surface area contributed by atoms with Crippen molar-refractivity contribution in [2.75, 3.05) is 33.7 Å². The molecular weight excluding hydrogens is 226 g/mol. The van der Waals surface area contributed by atoms with Crippen molar-refractivity contribution in [3.05, 3.63) is 0 Å². The molecule has 4 heteroatoms. The highest BCUT2D eigenvalue weighted by molar-refractivity contribution is 5.75. The van der Waals surface area contributed by atoms with Crippen molar-refractivity contribution in [2.24, 2.45) is 5.92 Å². The second-order valence-electron chi connectivity index (χ2n) is 6.22. The molecule has 0 saturated carbocycles. The molecule has 0 aliphatic carbocycles. The molecule has 0 bridgehead atoms. The SMILES string of the molecule is CN(C)C(C)(C)CNC(=O)CCC1CCNCC1. The van der Waals surface area contributed by atoms with Crippen molar-refractivity contribution in [2.45, 2.75) is 45.1 Å². The molecule has 1 aliphatic rings. The number of nitrogens with zero attached hydrogens (tertiary/aromatic N) is 1. The molecule has 4 nitrogen and oxygen atoms in total. The van der Waals surface area contributed by atoms with Gasteiger partial charge in [0.15, 0.2) is 0 Å². The zero-order valence-electron chi connectivity index (χ0n) is 12.4. The summed E-state index contributed by atoms with van der Waals surface area (Å²) in [6.07, 6.45) is 4.15. The van der Waals surface area contributed by atoms with Gasteiger partial charge in [-0.3, -0.25) is 4.79 Å². The standard InChI is InChI=1S/C14H29N3O/c1-14(2,17(3)4)11-16-13(18)6-5-12-7-9-15-10-8-12/h12,15H,5-11H2,1-4H3,(H,16,18). The van der Waals surface area contributed by atoms with Crippen molar-refractivity contribution < 1.29 is 4.79 Å². The topological polar surface area (TPSA) is 44.4 Å². The summed E-state index contributed by atoms with van der Waals surface area (Å²) >= 11 is 0. The van der Waals surface area contributed by atoms with Crippen LogP contribution in [0.3, 0.4) is 0 Å². The van der Waals surface area contributed by atoms with Gasteiger partial charge in [-0.2, -0.15) is 0 Å². The van der Waals surface area contributed by atoms with Crippen molar-refractivity contribution in [3.8, 4) is 0 Å². The lowest BCUT2D eigenvalue weighted by Gasteiger charge is -2.32. The predicted molar refractivity (Wildman–Crippen MR) is 75.6 cm³/mol. The third-order valence-electron chi connectivity index (χ3n) is 4.17. The van der Waals surface area contributed by atoms with Crippen LogP contribution >= 0.6 is 0 Å². The van der Waals surface area contributed by atoms with E-state index in [2.05, 4.69) is 29.4 Å². The minimum atomic E-state index is 0.0183. The van der Waals surface area contributed by atoms with Crippen LogP contribution in [0.1, 0.15) is 39.5 Å². The molecule has 106 valence electrons. The Labute approximate surface area is 111 Å². The minimum Gasteiger partial charge on any atom is -0.354 e. The molecule has 1 saturated heterocycles. The largest absolute Gasteiger partial charge is 0.354 e. The fourth-order valence-corrected chi connectivity index (χ4v) is 2.07. The van der Waals surface area contributed by atoms with Crippen LogP contribution in [0.5, 0.6) is 0 Å². The van der Waals surface area contributed by atoms with Crippen LogP contribution in [-0.2, 0) is 4.79 Å². The normalized spacial score (nSPS) is 18.1. The Bertz CT molecular complexity index is 258. The average Bonchev–Trinajstić information content (AvgIpc) is 2.35. The number of amides is 1. The molecule has 0 unspecified atom stereocenters. The van der Waals surface area contributed by atoms with Crippen LogP contribution in [0.2, 0.25) is 0 Å². The Morgan fingerprint density at radius 1 is 1.33 bits per heavy atom. The van der Waals surface area contributed by atoms with E-state index in [0.29, 0.717) is 13.0 Å². The van der Waals surface area contributed by atoms with Crippen LogP contribution < -0.4 is 10.6 Å². The highest BCUT2D eigenvalue weighted by Crippen LogP contribution is 2.17. The summed E-state index contributed by atoms with van der Waals surface area (Å²) in [7, 11) is 4.09. The van der Waals surface area contributed by atoms with Crippen LogP contribution in [0.4, 0.5) is 0 Å². The summed E-state index contributed by atoms with van der Waals surface area (Å²) in [5.41, 5.74) is 0.0183. The fourth-order valence-electron chi connectivity index (χ4n) is 2.07. The predicted octanol–water partition coefficient (Wildman–Crippen LogP) is 1.22.